The summed E-state index contributed by atoms with van der Waals surface area (Å²) in [5.74, 6) is -1.71. The van der Waals surface area contributed by atoms with Gasteiger partial charge in [-0.05, 0) is 6.07 Å². The molecule has 0 aromatic carbocycles. The molecular formula is C11H13N3O5. The minimum atomic E-state index is -1.15. The van der Waals surface area contributed by atoms with Crippen LogP contribution in [0.5, 0.6) is 0 Å². The molecule has 0 atom stereocenters. The summed E-state index contributed by atoms with van der Waals surface area (Å²) in [5, 5.41) is 11.2. The first-order valence-electron chi connectivity index (χ1n) is 5.21. The molecule has 2 N–H and O–H groups in total. The number of anilines is 1. The van der Waals surface area contributed by atoms with Gasteiger partial charge in [0.15, 0.2) is 0 Å². The van der Waals surface area contributed by atoms with Crippen molar-refractivity contribution in [2.45, 2.75) is 0 Å². The molecule has 1 rings (SSSR count). The van der Waals surface area contributed by atoms with E-state index in [0.717, 1.165) is 11.1 Å². The minimum absolute atomic E-state index is 0.0478. The molecule has 0 radical (unpaired) electrons. The van der Waals surface area contributed by atoms with Crippen molar-refractivity contribution in [1.29, 1.82) is 0 Å². The highest BCUT2D eigenvalue weighted by molar-refractivity contribution is 5.93. The van der Waals surface area contributed by atoms with Crippen LogP contribution >= 0.6 is 0 Å². The fourth-order valence-electron chi connectivity index (χ4n) is 1.17. The minimum Gasteiger partial charge on any atom is -0.478 e. The number of nitrogens with zero attached hydrogens (tertiary/aromatic N) is 2. The van der Waals surface area contributed by atoms with Crippen molar-refractivity contribution >= 4 is 23.7 Å². The number of carbonyl (C=O) groups excluding carboxylic acids is 2. The van der Waals surface area contributed by atoms with Gasteiger partial charge in [0.05, 0.1) is 24.6 Å². The number of hydrogen-bond donors (Lipinski definition) is 2. The Kier molecular flexibility index (Phi) is 4.81. The first-order valence-corrected chi connectivity index (χ1v) is 5.21. The van der Waals surface area contributed by atoms with Crippen LogP contribution in [-0.2, 0) is 9.53 Å². The van der Waals surface area contributed by atoms with E-state index in [-0.39, 0.29) is 17.8 Å². The molecule has 2 amide bonds. The molecule has 0 saturated carbocycles. The Labute approximate surface area is 109 Å². The van der Waals surface area contributed by atoms with E-state index in [0.29, 0.717) is 0 Å². The molecule has 0 aliphatic rings. The molecule has 1 aromatic heterocycles. The number of urea groups is 1. The third-order valence-corrected chi connectivity index (χ3v) is 2.18. The van der Waals surface area contributed by atoms with Crippen molar-refractivity contribution in [3.63, 3.8) is 0 Å². The molecule has 19 heavy (non-hydrogen) atoms. The summed E-state index contributed by atoms with van der Waals surface area (Å²) in [5.41, 5.74) is 0.176. The predicted molar refractivity (Wildman–Crippen MR) is 64.9 cm³/mol. The van der Waals surface area contributed by atoms with Gasteiger partial charge in [-0.15, -0.1) is 0 Å². The Hall–Kier alpha value is -2.64. The van der Waals surface area contributed by atoms with Crippen LogP contribution in [0.15, 0.2) is 18.5 Å². The van der Waals surface area contributed by atoms with Gasteiger partial charge in [-0.3, -0.25) is 9.78 Å². The monoisotopic (exact) mass is 267 g/mol. The van der Waals surface area contributed by atoms with E-state index in [2.05, 4.69) is 15.0 Å². The number of nitrogens with one attached hydrogen (secondary N) is 1. The molecule has 0 spiro atoms. The molecule has 1 heterocycles. The van der Waals surface area contributed by atoms with Gasteiger partial charge < -0.3 is 20.1 Å². The van der Waals surface area contributed by atoms with E-state index < -0.39 is 18.0 Å². The summed E-state index contributed by atoms with van der Waals surface area (Å²) in [6.45, 7) is -0.214. The SMILES string of the molecule is COC(=O)CN(C)C(=O)Nc1cncc(C(=O)O)c1. The number of methoxy groups -OCH3 is 1. The zero-order chi connectivity index (χ0) is 14.4. The molecule has 0 aliphatic heterocycles. The van der Waals surface area contributed by atoms with Gasteiger partial charge in [0, 0.05) is 13.2 Å². The largest absolute Gasteiger partial charge is 0.478 e. The smallest absolute Gasteiger partial charge is 0.337 e. The third kappa shape index (κ3) is 4.26. The second kappa shape index (κ2) is 6.34. The van der Waals surface area contributed by atoms with E-state index >= 15 is 0 Å². The van der Waals surface area contributed by atoms with Crippen molar-refractivity contribution in [2.75, 3.05) is 26.0 Å². The summed E-state index contributed by atoms with van der Waals surface area (Å²) in [4.78, 5) is 38.2. The molecule has 102 valence electrons. The van der Waals surface area contributed by atoms with Crippen molar-refractivity contribution in [3.05, 3.63) is 24.0 Å². The lowest BCUT2D eigenvalue weighted by atomic mass is 10.2. The molecule has 8 heteroatoms. The van der Waals surface area contributed by atoms with E-state index in [1.54, 1.807) is 0 Å². The van der Waals surface area contributed by atoms with Crippen LogP contribution < -0.4 is 5.32 Å². The number of hydrogen-bond acceptors (Lipinski definition) is 5. The Balaban J connectivity index is 2.68. The summed E-state index contributed by atoms with van der Waals surface area (Å²) in [7, 11) is 2.62. The number of carboxylic acids is 1. The lowest BCUT2D eigenvalue weighted by molar-refractivity contribution is -0.140. The van der Waals surface area contributed by atoms with Crippen LogP contribution in [0.4, 0.5) is 10.5 Å². The van der Waals surface area contributed by atoms with Gasteiger partial charge in [-0.1, -0.05) is 0 Å². The number of carbonyl (C=O) groups is 3. The van der Waals surface area contributed by atoms with Crippen LogP contribution in [0.2, 0.25) is 0 Å². The van der Waals surface area contributed by atoms with E-state index in [1.807, 2.05) is 0 Å². The average molecular weight is 267 g/mol. The summed E-state index contributed by atoms with van der Waals surface area (Å²) in [6, 6.07) is 0.689. The number of aromatic nitrogens is 1. The van der Waals surface area contributed by atoms with Gasteiger partial charge in [0.1, 0.15) is 6.54 Å². The number of pyridine rings is 1. The van der Waals surface area contributed by atoms with E-state index in [1.165, 1.54) is 26.4 Å². The predicted octanol–water partition coefficient (Wildman–Crippen LogP) is 0.416. The first-order chi connectivity index (χ1) is 8.93. The number of esters is 1. The van der Waals surface area contributed by atoms with E-state index in [4.69, 9.17) is 5.11 Å². The molecule has 0 unspecified atom stereocenters. The number of aromatic carboxylic acids is 1. The Morgan fingerprint density at radius 3 is 2.68 bits per heavy atom. The maximum atomic E-state index is 11.7. The summed E-state index contributed by atoms with van der Waals surface area (Å²) >= 11 is 0. The maximum Gasteiger partial charge on any atom is 0.337 e. The quantitative estimate of drug-likeness (QED) is 0.765. The van der Waals surface area contributed by atoms with Gasteiger partial charge in [-0.2, -0.15) is 0 Å². The van der Waals surface area contributed by atoms with Crippen molar-refractivity contribution in [3.8, 4) is 0 Å². The third-order valence-electron chi connectivity index (χ3n) is 2.18. The van der Waals surface area contributed by atoms with E-state index in [9.17, 15) is 14.4 Å². The van der Waals surface area contributed by atoms with Crippen molar-refractivity contribution in [2.24, 2.45) is 0 Å². The van der Waals surface area contributed by atoms with Gasteiger partial charge in [-0.25, -0.2) is 9.59 Å². The van der Waals surface area contributed by atoms with Crippen LogP contribution in [-0.4, -0.2) is 53.7 Å². The van der Waals surface area contributed by atoms with Crippen molar-refractivity contribution < 1.29 is 24.2 Å². The molecule has 0 aliphatic carbocycles. The van der Waals surface area contributed by atoms with Crippen LogP contribution in [0.25, 0.3) is 0 Å². The number of ether oxygens (including phenoxy) is 1. The highest BCUT2D eigenvalue weighted by atomic mass is 16.5. The summed E-state index contributed by atoms with van der Waals surface area (Å²) in [6.07, 6.45) is 2.46. The molecule has 0 saturated heterocycles. The maximum absolute atomic E-state index is 11.7. The standard InChI is InChI=1S/C11H13N3O5/c1-14(6-9(15)19-2)11(18)13-8-3-7(10(16)17)4-12-5-8/h3-5H,6H2,1-2H3,(H,13,18)(H,16,17). The van der Waals surface area contributed by atoms with Crippen LogP contribution in [0.3, 0.4) is 0 Å². The van der Waals surface area contributed by atoms with Gasteiger partial charge >= 0.3 is 18.0 Å². The summed E-state index contributed by atoms with van der Waals surface area (Å²) < 4.78 is 4.42. The Morgan fingerprint density at radius 2 is 2.11 bits per heavy atom. The number of amides is 2. The molecular weight excluding hydrogens is 254 g/mol. The zero-order valence-electron chi connectivity index (χ0n) is 10.4. The van der Waals surface area contributed by atoms with Gasteiger partial charge in [0.25, 0.3) is 0 Å². The van der Waals surface area contributed by atoms with Crippen LogP contribution in [0.1, 0.15) is 10.4 Å². The highest BCUT2D eigenvalue weighted by Gasteiger charge is 2.14. The van der Waals surface area contributed by atoms with Crippen LogP contribution in [0, 0.1) is 0 Å². The normalized spacial score (nSPS) is 9.58. The molecule has 0 fully saturated rings. The number of rotatable bonds is 4. The Morgan fingerprint density at radius 1 is 1.42 bits per heavy atom. The molecule has 1 aromatic rings. The second-order valence-electron chi connectivity index (χ2n) is 3.63. The average Bonchev–Trinajstić information content (AvgIpc) is 2.38. The second-order valence-corrected chi connectivity index (χ2v) is 3.63. The fourth-order valence-corrected chi connectivity index (χ4v) is 1.17. The number of likely N-dealkylation sites (N-methyl/N-ethyl adjacent to an activating group) is 1. The highest BCUT2D eigenvalue weighted by Crippen LogP contribution is 2.09. The van der Waals surface area contributed by atoms with Gasteiger partial charge in [0.2, 0.25) is 0 Å². The topological polar surface area (TPSA) is 109 Å². The lowest BCUT2D eigenvalue weighted by Crippen LogP contribution is -2.36. The molecule has 8 nitrogen and oxygen atoms in total. The zero-order valence-corrected chi connectivity index (χ0v) is 10.4. The lowest BCUT2D eigenvalue weighted by Gasteiger charge is -2.16. The number of carboxylic acid groups (broad SMARTS) is 1. The molecule has 0 bridgehead atoms. The fraction of sp³-hybridized carbons (Fsp3) is 0.273. The first kappa shape index (κ1) is 14.4. The Bertz CT molecular complexity index is 503. The van der Waals surface area contributed by atoms with Crippen molar-refractivity contribution in [1.82, 2.24) is 9.88 Å².